The maximum absolute atomic E-state index is 14.1. The Balaban J connectivity index is 1.02. The van der Waals surface area contributed by atoms with Crippen LogP contribution in [0, 0.1) is 17.3 Å². The van der Waals surface area contributed by atoms with Gasteiger partial charge >= 0.3 is 12.5 Å². The molecule has 3 saturated heterocycles. The van der Waals surface area contributed by atoms with Crippen LogP contribution in [0.4, 0.5) is 29.5 Å². The second kappa shape index (κ2) is 19.4. The lowest BCUT2D eigenvalue weighted by Gasteiger charge is -2.42. The predicted molar refractivity (Wildman–Crippen MR) is 239 cm³/mol. The number of likely N-dealkylation sites (tertiary alicyclic amines) is 1. The zero-order valence-electron chi connectivity index (χ0n) is 37.3. The van der Waals surface area contributed by atoms with Crippen molar-refractivity contribution in [1.29, 1.82) is 0 Å². The maximum Gasteiger partial charge on any atom is 0.573 e. The summed E-state index contributed by atoms with van der Waals surface area (Å²) in [6.07, 6.45) is -0.947. The second-order valence-electron chi connectivity index (χ2n) is 18.2. The van der Waals surface area contributed by atoms with Crippen molar-refractivity contribution in [2.75, 3.05) is 56.7 Å². The minimum Gasteiger partial charge on any atom is -0.453 e. The number of piperazine rings is 1. The highest BCUT2D eigenvalue weighted by Gasteiger charge is 2.44. The number of hydrogen-bond acceptors (Lipinski definition) is 11. The average Bonchev–Trinajstić information content (AvgIpc) is 3.93. The van der Waals surface area contributed by atoms with Crippen LogP contribution < -0.4 is 30.9 Å². The smallest absolute Gasteiger partial charge is 0.453 e. The number of nitrogens with zero attached hydrogens (tertiary/aromatic N) is 4. The summed E-state index contributed by atoms with van der Waals surface area (Å²) in [6.45, 7) is 12.9. The molecule has 0 radical (unpaired) electrons. The maximum atomic E-state index is 14.1. The van der Waals surface area contributed by atoms with E-state index in [2.05, 4.69) is 42.8 Å². The molecular formula is C46H56ClF3N8O7. The van der Waals surface area contributed by atoms with E-state index in [0.29, 0.717) is 75.7 Å². The van der Waals surface area contributed by atoms with Crippen LogP contribution in [0.1, 0.15) is 69.8 Å². The number of hydrogen-bond donors (Lipinski definition) is 4. The summed E-state index contributed by atoms with van der Waals surface area (Å²) in [5.74, 6) is -0.609. The Morgan fingerprint density at radius 1 is 0.969 bits per heavy atom. The largest absolute Gasteiger partial charge is 0.573 e. The van der Waals surface area contributed by atoms with Crippen molar-refractivity contribution < 1.29 is 46.6 Å². The quantitative estimate of drug-likeness (QED) is 0.168. The fourth-order valence-electron chi connectivity index (χ4n) is 9.00. The first-order valence-corrected chi connectivity index (χ1v) is 22.2. The number of benzene rings is 2. The number of methoxy groups -OCH3 is 1. The first-order chi connectivity index (χ1) is 30.8. The third-order valence-electron chi connectivity index (χ3n) is 12.3. The molecule has 2 aromatic carbocycles. The molecule has 1 aromatic heterocycles. The minimum absolute atomic E-state index is 0.0222. The van der Waals surface area contributed by atoms with Crippen LogP contribution in [-0.2, 0) is 19.1 Å². The van der Waals surface area contributed by atoms with Gasteiger partial charge in [0.05, 0.1) is 35.1 Å². The average molecular weight is 925 g/mol. The number of ether oxygens (including phenoxy) is 3. The number of alkyl carbamates (subject to hydrolysis) is 1. The van der Waals surface area contributed by atoms with Crippen molar-refractivity contribution in [1.82, 2.24) is 30.7 Å². The monoisotopic (exact) mass is 924 g/mol. The highest BCUT2D eigenvalue weighted by Crippen LogP contribution is 2.41. The molecule has 65 heavy (non-hydrogen) atoms. The summed E-state index contributed by atoms with van der Waals surface area (Å²) in [6, 6.07) is 11.3. The van der Waals surface area contributed by atoms with Gasteiger partial charge < -0.3 is 50.2 Å². The molecule has 0 spiro atoms. The Hall–Kier alpha value is -5.75. The minimum atomic E-state index is -5.06. The first kappa shape index (κ1) is 47.2. The van der Waals surface area contributed by atoms with Crippen LogP contribution in [0.3, 0.4) is 0 Å². The Morgan fingerprint density at radius 2 is 1.68 bits per heavy atom. The zero-order chi connectivity index (χ0) is 46.8. The Kier molecular flexibility index (Phi) is 14.1. The number of carbonyl (C=O) groups is 4. The fraction of sp³-hybridized carbons (Fsp3) is 0.500. The molecule has 4 aliphatic heterocycles. The highest BCUT2D eigenvalue weighted by molar-refractivity contribution is 6.34. The van der Waals surface area contributed by atoms with E-state index in [1.54, 1.807) is 42.6 Å². The van der Waals surface area contributed by atoms with E-state index in [0.717, 1.165) is 11.6 Å². The topological polar surface area (TPSA) is 167 Å². The predicted octanol–water partition coefficient (Wildman–Crippen LogP) is 6.84. The van der Waals surface area contributed by atoms with Crippen molar-refractivity contribution in [3.8, 4) is 16.9 Å². The summed E-state index contributed by atoms with van der Waals surface area (Å²) in [5.41, 5.74) is 1.40. The van der Waals surface area contributed by atoms with Gasteiger partial charge in [-0.2, -0.15) is 0 Å². The molecule has 0 bridgehead atoms. The molecule has 5 atom stereocenters. The fourth-order valence-corrected chi connectivity index (χ4v) is 9.21. The van der Waals surface area contributed by atoms with E-state index in [-0.39, 0.29) is 63.7 Å². The lowest BCUT2D eigenvalue weighted by atomic mass is 9.90. The second-order valence-corrected chi connectivity index (χ2v) is 18.6. The molecule has 7 rings (SSSR count). The summed E-state index contributed by atoms with van der Waals surface area (Å²) in [5, 5.41) is 12.2. The highest BCUT2D eigenvalue weighted by atomic mass is 35.5. The molecular weight excluding hydrogens is 869 g/mol. The number of halogens is 4. The summed E-state index contributed by atoms with van der Waals surface area (Å²) in [7, 11) is 1.26. The Bertz CT molecular complexity index is 2270. The molecule has 350 valence electrons. The van der Waals surface area contributed by atoms with Crippen LogP contribution in [0.2, 0.25) is 5.02 Å². The van der Waals surface area contributed by atoms with Crippen molar-refractivity contribution in [3.63, 3.8) is 0 Å². The lowest BCUT2D eigenvalue weighted by Crippen LogP contribution is -2.58. The Labute approximate surface area is 381 Å². The van der Waals surface area contributed by atoms with Gasteiger partial charge in [-0.3, -0.25) is 14.4 Å². The number of alkyl halides is 3. The Morgan fingerprint density at radius 3 is 2.31 bits per heavy atom. The SMILES string of the molecule is COC(=O)N[C@H](C(=O)N1C[C@@H](C)C[C@H]1C1NC=C(c2ccc(-c3cc(Cl)c(NC(=O)c4ccc(N5CCN(C(=O)C(C)(C)C)C[C@H]5C)nc4)cc3OC(F)(F)F)cc2)N1)C1CCOCC1. The first-order valence-electron chi connectivity index (χ1n) is 21.8. The van der Waals surface area contributed by atoms with Gasteiger partial charge in [0.2, 0.25) is 11.8 Å². The number of aromatic nitrogens is 1. The van der Waals surface area contributed by atoms with Crippen LogP contribution in [0.25, 0.3) is 16.8 Å². The number of amides is 4. The normalized spacial score (nSPS) is 22.1. The molecule has 19 heteroatoms. The van der Waals surface area contributed by atoms with Gasteiger partial charge in [0.25, 0.3) is 5.91 Å². The molecule has 0 aliphatic carbocycles. The van der Waals surface area contributed by atoms with E-state index in [9.17, 15) is 32.3 Å². The van der Waals surface area contributed by atoms with Crippen molar-refractivity contribution in [2.45, 2.75) is 84.5 Å². The molecule has 0 saturated carbocycles. The van der Waals surface area contributed by atoms with Crippen LogP contribution in [-0.4, -0.2) is 116 Å². The third-order valence-corrected chi connectivity index (χ3v) is 12.6. The van der Waals surface area contributed by atoms with Crippen molar-refractivity contribution in [3.05, 3.63) is 77.1 Å². The van der Waals surface area contributed by atoms with Crippen LogP contribution in [0.5, 0.6) is 5.75 Å². The van der Waals surface area contributed by atoms with Crippen molar-refractivity contribution in [2.24, 2.45) is 17.3 Å². The number of anilines is 2. The van der Waals surface area contributed by atoms with Crippen LogP contribution in [0.15, 0.2) is 60.9 Å². The molecule has 4 amide bonds. The molecule has 15 nitrogen and oxygen atoms in total. The van der Waals surface area contributed by atoms with E-state index in [4.69, 9.17) is 21.1 Å². The molecule has 3 fully saturated rings. The molecule has 1 unspecified atom stereocenters. The van der Waals surface area contributed by atoms with E-state index < -0.39 is 35.6 Å². The van der Waals surface area contributed by atoms with Crippen molar-refractivity contribution >= 4 is 52.6 Å². The number of carbonyl (C=O) groups excluding carboxylic acids is 4. The number of nitrogens with one attached hydrogen (secondary N) is 4. The van der Waals surface area contributed by atoms with Gasteiger partial charge in [-0.1, -0.05) is 63.6 Å². The van der Waals surface area contributed by atoms with E-state index >= 15 is 0 Å². The summed E-state index contributed by atoms with van der Waals surface area (Å²) in [4.78, 5) is 62.9. The van der Waals surface area contributed by atoms with Gasteiger partial charge in [-0.05, 0) is 67.3 Å². The molecule has 5 heterocycles. The molecule has 4 aliphatic rings. The standard InChI is InChI=1S/C46H56ClF3N8O7/c1-26-19-36(58(24-26)42(60)39(55-44(62)63-6)30-13-17-64-18-14-30)40-52-23-35(53-40)29-9-7-28(8-10-29)32-20-33(47)34(21-37(32)65-46(48,49)50)54-41(59)31-11-12-38(51-22-31)57-16-15-56(25-27(57)2)43(61)45(3,4)5/h7-12,20-23,26-27,30,36,39-40,52-53H,13-19,24-25H2,1-6H3,(H,54,59)(H,55,62)/t26-,27+,36-,39-,40?/m0/s1. The van der Waals surface area contributed by atoms with E-state index in [1.807, 2.05) is 37.5 Å². The molecule has 3 aromatic rings. The third kappa shape index (κ3) is 11.0. The zero-order valence-corrected chi connectivity index (χ0v) is 38.0. The molecule has 4 N–H and O–H groups in total. The van der Waals surface area contributed by atoms with Gasteiger partial charge in [-0.15, -0.1) is 13.2 Å². The number of rotatable bonds is 10. The summed E-state index contributed by atoms with van der Waals surface area (Å²) < 4.78 is 56.3. The van der Waals surface area contributed by atoms with Gasteiger partial charge in [-0.25, -0.2) is 9.78 Å². The van der Waals surface area contributed by atoms with Gasteiger partial charge in [0, 0.05) is 74.9 Å². The van der Waals surface area contributed by atoms with Crippen LogP contribution >= 0.6 is 11.6 Å². The lowest BCUT2D eigenvalue weighted by molar-refractivity contribution is -0.274. The number of pyridine rings is 1. The van der Waals surface area contributed by atoms with E-state index in [1.165, 1.54) is 19.4 Å². The van der Waals surface area contributed by atoms with Gasteiger partial charge in [0.15, 0.2) is 0 Å². The summed E-state index contributed by atoms with van der Waals surface area (Å²) >= 11 is 6.62. The van der Waals surface area contributed by atoms with Gasteiger partial charge in [0.1, 0.15) is 23.8 Å².